The monoisotopic (exact) mass is 376 g/mol. The first kappa shape index (κ1) is 18.3. The van der Waals surface area contributed by atoms with Gasteiger partial charge >= 0.3 is 0 Å². The Balaban J connectivity index is 1.29. The van der Waals surface area contributed by atoms with E-state index in [9.17, 15) is 4.79 Å². The van der Waals surface area contributed by atoms with Crippen molar-refractivity contribution in [1.82, 2.24) is 20.8 Å². The summed E-state index contributed by atoms with van der Waals surface area (Å²) in [5, 5.41) is 13.4. The summed E-state index contributed by atoms with van der Waals surface area (Å²) in [6.45, 7) is 2.70. The second kappa shape index (κ2) is 8.71. The number of nitrogens with one attached hydrogen (secondary N) is 3. The highest BCUT2D eigenvalue weighted by Crippen LogP contribution is 2.17. The first-order chi connectivity index (χ1) is 13.8. The Kier molecular flexibility index (Phi) is 5.68. The predicted octanol–water partition coefficient (Wildman–Crippen LogP) is 2.61. The zero-order valence-electron chi connectivity index (χ0n) is 15.7. The molecule has 28 heavy (non-hydrogen) atoms. The van der Waals surface area contributed by atoms with Crippen LogP contribution in [0.1, 0.15) is 32.9 Å². The second-order valence-corrected chi connectivity index (χ2v) is 6.88. The third-order valence-corrected chi connectivity index (χ3v) is 4.87. The molecule has 1 amide bonds. The average Bonchev–Trinajstić information content (AvgIpc) is 3.18. The molecular weight excluding hydrogens is 352 g/mol. The Morgan fingerprint density at radius 3 is 2.86 bits per heavy atom. The molecule has 0 bridgehead atoms. The number of hydrogen-bond donors (Lipinski definition) is 3. The van der Waals surface area contributed by atoms with Gasteiger partial charge in [0.1, 0.15) is 12.4 Å². The van der Waals surface area contributed by atoms with Crippen molar-refractivity contribution in [3.05, 3.63) is 82.7 Å². The standard InChI is InChI=1S/C22H24N4O2/c27-22(21-19-14-23-11-10-20(19)25-26-21)24-12-9-16-7-4-8-18(13-16)28-15-17-5-2-1-3-6-17/h1-8,13,23H,9-12,14-15H2,(H,24,27)(H,25,26). The van der Waals surface area contributed by atoms with Gasteiger partial charge in [0, 0.05) is 37.3 Å². The Hall–Kier alpha value is -3.12. The maximum absolute atomic E-state index is 12.4. The summed E-state index contributed by atoms with van der Waals surface area (Å²) >= 11 is 0. The molecule has 1 aliphatic heterocycles. The topological polar surface area (TPSA) is 79.0 Å². The van der Waals surface area contributed by atoms with E-state index in [1.165, 1.54) is 0 Å². The van der Waals surface area contributed by atoms with Crippen LogP contribution in [0.5, 0.6) is 5.75 Å². The molecule has 4 rings (SSSR count). The number of fused-ring (bicyclic) bond motifs is 1. The van der Waals surface area contributed by atoms with E-state index in [4.69, 9.17) is 4.74 Å². The van der Waals surface area contributed by atoms with Crippen LogP contribution in [0, 0.1) is 0 Å². The van der Waals surface area contributed by atoms with Gasteiger partial charge in [-0.1, -0.05) is 42.5 Å². The smallest absolute Gasteiger partial charge is 0.272 e. The Morgan fingerprint density at radius 1 is 1.11 bits per heavy atom. The van der Waals surface area contributed by atoms with Crippen molar-refractivity contribution >= 4 is 5.91 Å². The molecule has 2 aromatic carbocycles. The van der Waals surface area contributed by atoms with Crippen LogP contribution in [0.2, 0.25) is 0 Å². The van der Waals surface area contributed by atoms with Crippen molar-refractivity contribution in [3.63, 3.8) is 0 Å². The van der Waals surface area contributed by atoms with E-state index in [1.807, 2.05) is 54.6 Å². The van der Waals surface area contributed by atoms with Gasteiger partial charge in [0.2, 0.25) is 0 Å². The number of ether oxygens (including phenoxy) is 1. The molecule has 1 aliphatic rings. The van der Waals surface area contributed by atoms with Gasteiger partial charge in [0.05, 0.1) is 0 Å². The fourth-order valence-corrected chi connectivity index (χ4v) is 3.35. The van der Waals surface area contributed by atoms with Gasteiger partial charge in [0.15, 0.2) is 5.69 Å². The summed E-state index contributed by atoms with van der Waals surface area (Å²) in [6.07, 6.45) is 1.62. The third kappa shape index (κ3) is 4.40. The largest absolute Gasteiger partial charge is 0.489 e. The number of nitrogens with zero attached hydrogens (tertiary/aromatic N) is 1. The fraction of sp³-hybridized carbons (Fsp3) is 0.273. The third-order valence-electron chi connectivity index (χ3n) is 4.87. The van der Waals surface area contributed by atoms with Crippen LogP contribution < -0.4 is 15.4 Å². The molecule has 0 fully saturated rings. The second-order valence-electron chi connectivity index (χ2n) is 6.88. The van der Waals surface area contributed by atoms with Crippen LogP contribution >= 0.6 is 0 Å². The summed E-state index contributed by atoms with van der Waals surface area (Å²) in [5.74, 6) is 0.706. The van der Waals surface area contributed by atoms with Crippen molar-refractivity contribution in [2.75, 3.05) is 13.1 Å². The number of benzene rings is 2. The van der Waals surface area contributed by atoms with E-state index >= 15 is 0 Å². The molecule has 0 saturated heterocycles. The molecule has 2 heterocycles. The summed E-state index contributed by atoms with van der Waals surface area (Å²) in [7, 11) is 0. The van der Waals surface area contributed by atoms with Crippen molar-refractivity contribution in [2.45, 2.75) is 26.0 Å². The number of aromatic amines is 1. The lowest BCUT2D eigenvalue weighted by atomic mass is 10.1. The summed E-state index contributed by atoms with van der Waals surface area (Å²) in [5.41, 5.74) is 4.81. The molecule has 0 spiro atoms. The Labute approximate surface area is 164 Å². The Bertz CT molecular complexity index is 937. The highest BCUT2D eigenvalue weighted by molar-refractivity contribution is 5.94. The van der Waals surface area contributed by atoms with E-state index in [0.29, 0.717) is 25.4 Å². The van der Waals surface area contributed by atoms with Crippen LogP contribution in [0.3, 0.4) is 0 Å². The van der Waals surface area contributed by atoms with Crippen LogP contribution in [0.4, 0.5) is 0 Å². The van der Waals surface area contributed by atoms with Crippen LogP contribution in [-0.2, 0) is 26.0 Å². The van der Waals surface area contributed by atoms with Gasteiger partial charge in [-0.05, 0) is 29.7 Å². The molecular formula is C22H24N4O2. The van der Waals surface area contributed by atoms with Crippen LogP contribution in [0.25, 0.3) is 0 Å². The van der Waals surface area contributed by atoms with Crippen molar-refractivity contribution < 1.29 is 9.53 Å². The first-order valence-corrected chi connectivity index (χ1v) is 9.60. The Morgan fingerprint density at radius 2 is 1.96 bits per heavy atom. The van der Waals surface area contributed by atoms with Gasteiger partial charge in [0.25, 0.3) is 5.91 Å². The van der Waals surface area contributed by atoms with Gasteiger partial charge < -0.3 is 15.4 Å². The maximum Gasteiger partial charge on any atom is 0.272 e. The summed E-state index contributed by atoms with van der Waals surface area (Å²) in [6, 6.07) is 18.1. The lowest BCUT2D eigenvalue weighted by molar-refractivity contribution is 0.0948. The fourth-order valence-electron chi connectivity index (χ4n) is 3.35. The van der Waals surface area contributed by atoms with Crippen molar-refractivity contribution in [3.8, 4) is 5.75 Å². The van der Waals surface area contributed by atoms with E-state index in [0.717, 1.165) is 47.5 Å². The number of H-pyrrole nitrogens is 1. The van der Waals surface area contributed by atoms with Crippen molar-refractivity contribution in [2.24, 2.45) is 0 Å². The normalized spacial score (nSPS) is 13.0. The zero-order valence-corrected chi connectivity index (χ0v) is 15.7. The van der Waals surface area contributed by atoms with Gasteiger partial charge in [-0.3, -0.25) is 9.89 Å². The molecule has 6 nitrogen and oxygen atoms in total. The minimum absolute atomic E-state index is 0.127. The minimum atomic E-state index is -0.127. The number of amides is 1. The van der Waals surface area contributed by atoms with Gasteiger partial charge in [-0.15, -0.1) is 0 Å². The molecule has 6 heteroatoms. The molecule has 0 aliphatic carbocycles. The van der Waals surface area contributed by atoms with Crippen LogP contribution in [0.15, 0.2) is 54.6 Å². The molecule has 3 aromatic rings. The van der Waals surface area contributed by atoms with Crippen molar-refractivity contribution in [1.29, 1.82) is 0 Å². The highest BCUT2D eigenvalue weighted by atomic mass is 16.5. The van der Waals surface area contributed by atoms with E-state index in [-0.39, 0.29) is 5.91 Å². The number of carbonyl (C=O) groups excluding carboxylic acids is 1. The molecule has 144 valence electrons. The molecule has 0 atom stereocenters. The van der Waals surface area contributed by atoms with Gasteiger partial charge in [-0.2, -0.15) is 5.10 Å². The predicted molar refractivity (Wildman–Crippen MR) is 107 cm³/mol. The zero-order chi connectivity index (χ0) is 19.2. The van der Waals surface area contributed by atoms with Gasteiger partial charge in [-0.25, -0.2) is 0 Å². The summed E-state index contributed by atoms with van der Waals surface area (Å²) < 4.78 is 5.87. The molecule has 0 saturated carbocycles. The van der Waals surface area contributed by atoms with E-state index < -0.39 is 0 Å². The van der Waals surface area contributed by atoms with E-state index in [2.05, 4.69) is 20.8 Å². The first-order valence-electron chi connectivity index (χ1n) is 9.60. The SMILES string of the molecule is O=C(NCCc1cccc(OCc2ccccc2)c1)c1n[nH]c2c1CNCC2. The lowest BCUT2D eigenvalue weighted by Crippen LogP contribution is -2.29. The molecule has 1 aromatic heterocycles. The van der Waals surface area contributed by atoms with Crippen LogP contribution in [-0.4, -0.2) is 29.2 Å². The summed E-state index contributed by atoms with van der Waals surface area (Å²) in [4.78, 5) is 12.4. The average molecular weight is 376 g/mol. The molecule has 3 N–H and O–H groups in total. The quantitative estimate of drug-likeness (QED) is 0.592. The number of hydrogen-bond acceptors (Lipinski definition) is 4. The van der Waals surface area contributed by atoms with E-state index in [1.54, 1.807) is 0 Å². The molecule has 0 unspecified atom stereocenters. The highest BCUT2D eigenvalue weighted by Gasteiger charge is 2.21. The molecule has 0 radical (unpaired) electrons. The number of aromatic nitrogens is 2. The minimum Gasteiger partial charge on any atom is -0.489 e. The number of rotatable bonds is 7. The number of carbonyl (C=O) groups is 1. The lowest BCUT2D eigenvalue weighted by Gasteiger charge is -2.13. The maximum atomic E-state index is 12.4.